The summed E-state index contributed by atoms with van der Waals surface area (Å²) in [4.78, 5) is 14.0. The fourth-order valence-electron chi connectivity index (χ4n) is 3.33. The molecule has 25 heavy (non-hydrogen) atoms. The van der Waals surface area contributed by atoms with Crippen molar-refractivity contribution in [2.75, 3.05) is 19.0 Å². The number of benzene rings is 2. The van der Waals surface area contributed by atoms with E-state index in [9.17, 15) is 4.79 Å². The van der Waals surface area contributed by atoms with Crippen LogP contribution in [-0.4, -0.2) is 25.6 Å². The maximum absolute atomic E-state index is 12.8. The summed E-state index contributed by atoms with van der Waals surface area (Å²) in [5, 5.41) is 3.63. The molecule has 0 aliphatic carbocycles. The molecule has 0 spiro atoms. The van der Waals surface area contributed by atoms with Gasteiger partial charge in [0.1, 0.15) is 12.3 Å². The van der Waals surface area contributed by atoms with Gasteiger partial charge in [0, 0.05) is 23.1 Å². The Morgan fingerprint density at radius 1 is 1.28 bits per heavy atom. The molecular weight excluding hydrogens is 336 g/mol. The van der Waals surface area contributed by atoms with E-state index in [4.69, 9.17) is 16.3 Å². The van der Waals surface area contributed by atoms with Crippen LogP contribution in [0, 0.1) is 6.92 Å². The van der Waals surface area contributed by atoms with E-state index in [1.54, 1.807) is 13.2 Å². The second kappa shape index (κ2) is 7.46. The summed E-state index contributed by atoms with van der Waals surface area (Å²) < 4.78 is 5.35. The molecule has 4 nitrogen and oxygen atoms in total. The van der Waals surface area contributed by atoms with Gasteiger partial charge in [0.15, 0.2) is 6.04 Å². The molecule has 0 saturated carbocycles. The first-order valence-corrected chi connectivity index (χ1v) is 8.93. The molecule has 2 aromatic rings. The third-order valence-corrected chi connectivity index (χ3v) is 5.40. The third kappa shape index (κ3) is 3.80. The van der Waals surface area contributed by atoms with Gasteiger partial charge in [-0.05, 0) is 31.0 Å². The lowest BCUT2D eigenvalue weighted by Crippen LogP contribution is -3.16. The first-order chi connectivity index (χ1) is 12.0. The van der Waals surface area contributed by atoms with E-state index in [-0.39, 0.29) is 11.9 Å². The number of nitrogens with one attached hydrogen (secondary N) is 2. The van der Waals surface area contributed by atoms with Crippen molar-refractivity contribution in [2.45, 2.75) is 32.9 Å². The molecule has 1 unspecified atom stereocenters. The highest BCUT2D eigenvalue weighted by molar-refractivity contribution is 6.31. The second-order valence-corrected chi connectivity index (χ2v) is 7.02. The van der Waals surface area contributed by atoms with Gasteiger partial charge in [0.25, 0.3) is 5.91 Å². The summed E-state index contributed by atoms with van der Waals surface area (Å²) in [6, 6.07) is 11.9. The molecule has 1 amide bonds. The predicted molar refractivity (Wildman–Crippen MR) is 101 cm³/mol. The summed E-state index contributed by atoms with van der Waals surface area (Å²) in [5.41, 5.74) is 4.31. The molecule has 0 aromatic heterocycles. The molecule has 3 rings (SSSR count). The van der Waals surface area contributed by atoms with Crippen LogP contribution in [0.4, 0.5) is 5.69 Å². The van der Waals surface area contributed by atoms with Gasteiger partial charge in [-0.1, -0.05) is 35.9 Å². The van der Waals surface area contributed by atoms with Crippen LogP contribution in [-0.2, 0) is 17.8 Å². The van der Waals surface area contributed by atoms with Gasteiger partial charge in [0.2, 0.25) is 0 Å². The summed E-state index contributed by atoms with van der Waals surface area (Å²) in [6.07, 6.45) is 1.01. The smallest absolute Gasteiger partial charge is 0.282 e. The van der Waals surface area contributed by atoms with E-state index in [1.807, 2.05) is 19.9 Å². The number of hydrogen-bond donors (Lipinski definition) is 2. The van der Waals surface area contributed by atoms with E-state index in [0.29, 0.717) is 16.5 Å². The average Bonchev–Trinajstić information content (AvgIpc) is 2.63. The lowest BCUT2D eigenvalue weighted by molar-refractivity contribution is -0.929. The fourth-order valence-corrected chi connectivity index (χ4v) is 3.48. The predicted octanol–water partition coefficient (Wildman–Crippen LogP) is 2.63. The molecule has 1 aliphatic rings. The molecule has 1 aliphatic heterocycles. The quantitative estimate of drug-likeness (QED) is 0.881. The van der Waals surface area contributed by atoms with Gasteiger partial charge < -0.3 is 15.0 Å². The Labute approximate surface area is 153 Å². The number of hydrogen-bond acceptors (Lipinski definition) is 2. The van der Waals surface area contributed by atoms with Crippen molar-refractivity contribution in [3.63, 3.8) is 0 Å². The van der Waals surface area contributed by atoms with Crippen LogP contribution in [0.3, 0.4) is 0 Å². The second-order valence-electron chi connectivity index (χ2n) is 6.62. The number of halogens is 1. The van der Waals surface area contributed by atoms with Crippen molar-refractivity contribution in [3.8, 4) is 5.75 Å². The molecule has 0 radical (unpaired) electrons. The van der Waals surface area contributed by atoms with Gasteiger partial charge >= 0.3 is 0 Å². The average molecular weight is 360 g/mol. The molecule has 2 aromatic carbocycles. The van der Waals surface area contributed by atoms with Crippen molar-refractivity contribution in [1.29, 1.82) is 0 Å². The van der Waals surface area contributed by atoms with Crippen LogP contribution < -0.4 is 15.0 Å². The number of ether oxygens (including phenoxy) is 1. The van der Waals surface area contributed by atoms with E-state index in [2.05, 4.69) is 29.6 Å². The largest absolute Gasteiger partial charge is 0.495 e. The number of amides is 1. The van der Waals surface area contributed by atoms with Crippen LogP contribution in [0.1, 0.15) is 23.6 Å². The Balaban J connectivity index is 1.73. The molecule has 132 valence electrons. The molecule has 5 heteroatoms. The Hall–Kier alpha value is -2.04. The number of carbonyl (C=O) groups is 1. The van der Waals surface area contributed by atoms with E-state index >= 15 is 0 Å². The maximum atomic E-state index is 12.8. The molecular formula is C20H24ClN2O2+. The van der Waals surface area contributed by atoms with Crippen LogP contribution in [0.2, 0.25) is 5.02 Å². The zero-order chi connectivity index (χ0) is 18.0. The highest BCUT2D eigenvalue weighted by Gasteiger charge is 2.29. The summed E-state index contributed by atoms with van der Waals surface area (Å²) in [6.45, 7) is 5.73. The Morgan fingerprint density at radius 2 is 2.00 bits per heavy atom. The van der Waals surface area contributed by atoms with E-state index < -0.39 is 0 Å². The van der Waals surface area contributed by atoms with Gasteiger partial charge in [-0.15, -0.1) is 0 Å². The number of fused-ring (bicyclic) bond motifs is 1. The lowest BCUT2D eigenvalue weighted by Gasteiger charge is -2.30. The van der Waals surface area contributed by atoms with Crippen LogP contribution in [0.15, 0.2) is 36.4 Å². The van der Waals surface area contributed by atoms with E-state index in [0.717, 1.165) is 25.1 Å². The topological polar surface area (TPSA) is 42.8 Å². The minimum Gasteiger partial charge on any atom is -0.495 e. The number of rotatable bonds is 4. The minimum atomic E-state index is -0.144. The fraction of sp³-hybridized carbons (Fsp3) is 0.350. The highest BCUT2D eigenvalue weighted by atomic mass is 35.5. The van der Waals surface area contributed by atoms with Gasteiger partial charge in [0.05, 0.1) is 19.3 Å². The van der Waals surface area contributed by atoms with Gasteiger partial charge in [-0.25, -0.2) is 0 Å². The Morgan fingerprint density at radius 3 is 2.72 bits per heavy atom. The molecule has 2 atom stereocenters. The molecule has 0 fully saturated rings. The maximum Gasteiger partial charge on any atom is 0.282 e. The normalized spacial score (nSPS) is 17.5. The number of methoxy groups -OCH3 is 1. The van der Waals surface area contributed by atoms with Gasteiger partial charge in [-0.3, -0.25) is 4.79 Å². The number of carbonyl (C=O) groups excluding carboxylic acids is 1. The van der Waals surface area contributed by atoms with Crippen molar-refractivity contribution in [2.24, 2.45) is 0 Å². The first-order valence-electron chi connectivity index (χ1n) is 8.56. The SMILES string of the molecule is COc1cc(Cl)c(C)cc1NC(=O)[C@@H](C)[NH+]1CCc2ccccc2C1. The number of anilines is 1. The third-order valence-electron chi connectivity index (χ3n) is 5.00. The van der Waals surface area contributed by atoms with Crippen molar-refractivity contribution < 1.29 is 14.4 Å². The first kappa shape index (κ1) is 17.8. The van der Waals surface area contributed by atoms with Crippen molar-refractivity contribution >= 4 is 23.2 Å². The lowest BCUT2D eigenvalue weighted by atomic mass is 9.98. The van der Waals surface area contributed by atoms with Crippen LogP contribution >= 0.6 is 11.6 Å². The Bertz CT molecular complexity index is 791. The summed E-state index contributed by atoms with van der Waals surface area (Å²) in [5.74, 6) is 0.574. The van der Waals surface area contributed by atoms with Crippen molar-refractivity contribution in [3.05, 3.63) is 58.1 Å². The highest BCUT2D eigenvalue weighted by Crippen LogP contribution is 2.30. The zero-order valence-corrected chi connectivity index (χ0v) is 15.6. The molecule has 0 saturated heterocycles. The van der Waals surface area contributed by atoms with Crippen LogP contribution in [0.25, 0.3) is 0 Å². The summed E-state index contributed by atoms with van der Waals surface area (Å²) in [7, 11) is 1.58. The van der Waals surface area contributed by atoms with Gasteiger partial charge in [-0.2, -0.15) is 0 Å². The van der Waals surface area contributed by atoms with E-state index in [1.165, 1.54) is 16.0 Å². The van der Waals surface area contributed by atoms with Crippen molar-refractivity contribution in [1.82, 2.24) is 0 Å². The Kier molecular flexibility index (Phi) is 5.30. The number of aryl methyl sites for hydroxylation is 1. The molecule has 1 heterocycles. The monoisotopic (exact) mass is 359 g/mol. The molecule has 0 bridgehead atoms. The number of quaternary nitrogens is 1. The standard InChI is InChI=1S/C20H23ClN2O2/c1-13-10-18(19(25-3)11-17(13)21)22-20(24)14(2)23-9-8-15-6-4-5-7-16(15)12-23/h4-7,10-11,14H,8-9,12H2,1-3H3,(H,22,24)/p+1/t14-/m1/s1. The van der Waals surface area contributed by atoms with Crippen LogP contribution in [0.5, 0.6) is 5.75 Å². The zero-order valence-electron chi connectivity index (χ0n) is 14.9. The minimum absolute atomic E-state index is 0.00518. The summed E-state index contributed by atoms with van der Waals surface area (Å²) >= 11 is 6.14. The molecule has 2 N–H and O–H groups in total.